The SMILES string of the molecule is CCCCCCCCCCCCCCCCCCCCCC(=O)OCC(CC)CC. The molecule has 0 unspecified atom stereocenters. The molecule has 0 saturated carbocycles. The highest BCUT2D eigenvalue weighted by Gasteiger charge is 2.08. The van der Waals surface area contributed by atoms with E-state index in [4.69, 9.17) is 4.74 Å². The van der Waals surface area contributed by atoms with Crippen LogP contribution >= 0.6 is 0 Å². The van der Waals surface area contributed by atoms with Crippen LogP contribution in [0.1, 0.15) is 162 Å². The van der Waals surface area contributed by atoms with E-state index in [1.54, 1.807) is 0 Å². The van der Waals surface area contributed by atoms with E-state index < -0.39 is 0 Å². The van der Waals surface area contributed by atoms with E-state index in [1.165, 1.54) is 116 Å². The van der Waals surface area contributed by atoms with E-state index in [0.717, 1.165) is 19.3 Å². The van der Waals surface area contributed by atoms with Gasteiger partial charge in [0.25, 0.3) is 0 Å². The Bertz CT molecular complexity index is 336. The van der Waals surface area contributed by atoms with Crippen molar-refractivity contribution >= 4 is 5.97 Å². The number of ether oxygens (including phenoxy) is 1. The Balaban J connectivity index is 3.15. The maximum Gasteiger partial charge on any atom is 0.305 e. The molecule has 0 atom stereocenters. The highest BCUT2D eigenvalue weighted by atomic mass is 16.5. The summed E-state index contributed by atoms with van der Waals surface area (Å²) in [5, 5.41) is 0. The second kappa shape index (κ2) is 24.7. The van der Waals surface area contributed by atoms with Crippen molar-refractivity contribution in [1.29, 1.82) is 0 Å². The summed E-state index contributed by atoms with van der Waals surface area (Å²) in [5.41, 5.74) is 0. The molecule has 0 rings (SSSR count). The Kier molecular flexibility index (Phi) is 24.3. The van der Waals surface area contributed by atoms with Crippen molar-refractivity contribution in [2.45, 2.75) is 162 Å². The lowest BCUT2D eigenvalue weighted by Crippen LogP contribution is -2.12. The molecule has 0 fully saturated rings. The van der Waals surface area contributed by atoms with Gasteiger partial charge in [0.05, 0.1) is 6.61 Å². The zero-order valence-corrected chi connectivity index (χ0v) is 21.2. The predicted octanol–water partition coefficient (Wildman–Crippen LogP) is 9.79. The van der Waals surface area contributed by atoms with Gasteiger partial charge in [0, 0.05) is 6.42 Å². The van der Waals surface area contributed by atoms with Crippen LogP contribution in [0.2, 0.25) is 0 Å². The first-order valence-corrected chi connectivity index (χ1v) is 13.9. The molecule has 0 aliphatic rings. The summed E-state index contributed by atoms with van der Waals surface area (Å²) in [6, 6.07) is 0. The van der Waals surface area contributed by atoms with Crippen LogP contribution in [0.4, 0.5) is 0 Å². The van der Waals surface area contributed by atoms with Crippen LogP contribution in [-0.4, -0.2) is 12.6 Å². The highest BCUT2D eigenvalue weighted by molar-refractivity contribution is 5.69. The summed E-state index contributed by atoms with van der Waals surface area (Å²) in [7, 11) is 0. The van der Waals surface area contributed by atoms with Crippen molar-refractivity contribution in [1.82, 2.24) is 0 Å². The maximum absolute atomic E-state index is 11.7. The van der Waals surface area contributed by atoms with Gasteiger partial charge in [-0.25, -0.2) is 0 Å². The molecule has 2 nitrogen and oxygen atoms in total. The Hall–Kier alpha value is -0.530. The molecular formula is C28H56O2. The first-order chi connectivity index (χ1) is 14.7. The van der Waals surface area contributed by atoms with Gasteiger partial charge < -0.3 is 4.74 Å². The molecule has 0 aliphatic heterocycles. The van der Waals surface area contributed by atoms with Crippen LogP contribution in [0.15, 0.2) is 0 Å². The molecule has 0 radical (unpaired) electrons. The summed E-state index contributed by atoms with van der Waals surface area (Å²) in [6.45, 7) is 7.24. The number of hydrogen-bond donors (Lipinski definition) is 0. The molecule has 0 heterocycles. The molecule has 2 heteroatoms. The zero-order chi connectivity index (χ0) is 22.1. The number of carbonyl (C=O) groups excluding carboxylic acids is 1. The van der Waals surface area contributed by atoms with E-state index in [-0.39, 0.29) is 5.97 Å². The van der Waals surface area contributed by atoms with Crippen molar-refractivity contribution < 1.29 is 9.53 Å². The van der Waals surface area contributed by atoms with Gasteiger partial charge in [-0.05, 0) is 12.3 Å². The molecule has 30 heavy (non-hydrogen) atoms. The molecule has 0 aliphatic carbocycles. The number of carbonyl (C=O) groups is 1. The molecule has 0 aromatic rings. The van der Waals surface area contributed by atoms with Gasteiger partial charge in [-0.3, -0.25) is 4.79 Å². The van der Waals surface area contributed by atoms with E-state index in [0.29, 0.717) is 18.9 Å². The maximum atomic E-state index is 11.7. The van der Waals surface area contributed by atoms with Crippen molar-refractivity contribution in [3.8, 4) is 0 Å². The van der Waals surface area contributed by atoms with Gasteiger partial charge in [-0.1, -0.05) is 149 Å². The van der Waals surface area contributed by atoms with Gasteiger partial charge in [0.15, 0.2) is 0 Å². The van der Waals surface area contributed by atoms with E-state index in [1.807, 2.05) is 0 Å². The standard InChI is InChI=1S/C28H56O2/c1-4-7-8-9-10-11-12-13-14-15-16-17-18-19-20-21-22-23-24-25-28(29)30-26-27(5-2)6-3/h27H,4-26H2,1-3H3. The predicted molar refractivity (Wildman–Crippen MR) is 133 cm³/mol. The van der Waals surface area contributed by atoms with Crippen molar-refractivity contribution in [2.75, 3.05) is 6.61 Å². The smallest absolute Gasteiger partial charge is 0.305 e. The number of unbranched alkanes of at least 4 members (excludes halogenated alkanes) is 18. The van der Waals surface area contributed by atoms with Gasteiger partial charge in [-0.2, -0.15) is 0 Å². The van der Waals surface area contributed by atoms with Gasteiger partial charge in [-0.15, -0.1) is 0 Å². The van der Waals surface area contributed by atoms with E-state index in [9.17, 15) is 4.79 Å². The van der Waals surface area contributed by atoms with Crippen LogP contribution in [0, 0.1) is 5.92 Å². The first kappa shape index (κ1) is 29.5. The largest absolute Gasteiger partial charge is 0.465 e. The molecule has 0 bridgehead atoms. The Morgan fingerprint density at radius 1 is 0.533 bits per heavy atom. The number of esters is 1. The second-order valence-electron chi connectivity index (χ2n) is 9.48. The summed E-state index contributed by atoms with van der Waals surface area (Å²) in [4.78, 5) is 11.7. The number of hydrogen-bond acceptors (Lipinski definition) is 2. The summed E-state index contributed by atoms with van der Waals surface area (Å²) >= 11 is 0. The van der Waals surface area contributed by atoms with Gasteiger partial charge >= 0.3 is 5.97 Å². The van der Waals surface area contributed by atoms with Crippen molar-refractivity contribution in [3.63, 3.8) is 0 Å². The Morgan fingerprint density at radius 3 is 1.20 bits per heavy atom. The lowest BCUT2D eigenvalue weighted by atomic mass is 10.0. The third kappa shape index (κ3) is 22.2. The lowest BCUT2D eigenvalue weighted by Gasteiger charge is -2.12. The van der Waals surface area contributed by atoms with Crippen molar-refractivity contribution in [2.24, 2.45) is 5.92 Å². The fourth-order valence-corrected chi connectivity index (χ4v) is 4.16. The second-order valence-corrected chi connectivity index (χ2v) is 9.48. The molecule has 0 saturated heterocycles. The van der Waals surface area contributed by atoms with Gasteiger partial charge in [0.1, 0.15) is 0 Å². The molecule has 0 spiro atoms. The third-order valence-corrected chi connectivity index (χ3v) is 6.62. The Labute approximate surface area is 190 Å². The van der Waals surface area contributed by atoms with E-state index in [2.05, 4.69) is 20.8 Å². The first-order valence-electron chi connectivity index (χ1n) is 13.9. The fraction of sp³-hybridized carbons (Fsp3) is 0.964. The Morgan fingerprint density at radius 2 is 0.867 bits per heavy atom. The molecular weight excluding hydrogens is 368 g/mol. The minimum absolute atomic E-state index is 0.00822. The summed E-state index contributed by atoms with van der Waals surface area (Å²) < 4.78 is 5.38. The summed E-state index contributed by atoms with van der Waals surface area (Å²) in [6.07, 6.45) is 29.1. The van der Waals surface area contributed by atoms with Crippen LogP contribution < -0.4 is 0 Å². The zero-order valence-electron chi connectivity index (χ0n) is 21.2. The molecule has 180 valence electrons. The topological polar surface area (TPSA) is 26.3 Å². The average Bonchev–Trinajstić information content (AvgIpc) is 2.76. The van der Waals surface area contributed by atoms with Crippen LogP contribution in [-0.2, 0) is 9.53 Å². The van der Waals surface area contributed by atoms with Gasteiger partial charge in [0.2, 0.25) is 0 Å². The number of rotatable bonds is 24. The lowest BCUT2D eigenvalue weighted by molar-refractivity contribution is -0.145. The minimum Gasteiger partial charge on any atom is -0.465 e. The van der Waals surface area contributed by atoms with Crippen LogP contribution in [0.25, 0.3) is 0 Å². The highest BCUT2D eigenvalue weighted by Crippen LogP contribution is 2.15. The normalized spacial score (nSPS) is 11.3. The molecule has 0 amide bonds. The summed E-state index contributed by atoms with van der Waals surface area (Å²) in [5.74, 6) is 0.549. The van der Waals surface area contributed by atoms with Crippen LogP contribution in [0.5, 0.6) is 0 Å². The monoisotopic (exact) mass is 424 g/mol. The average molecular weight is 425 g/mol. The van der Waals surface area contributed by atoms with Crippen LogP contribution in [0.3, 0.4) is 0 Å². The van der Waals surface area contributed by atoms with E-state index >= 15 is 0 Å². The molecule has 0 aromatic heterocycles. The molecule has 0 aromatic carbocycles. The minimum atomic E-state index is 0.00822. The fourth-order valence-electron chi connectivity index (χ4n) is 4.16. The van der Waals surface area contributed by atoms with Crippen molar-refractivity contribution in [3.05, 3.63) is 0 Å². The molecule has 0 N–H and O–H groups in total. The third-order valence-electron chi connectivity index (χ3n) is 6.62. The quantitative estimate of drug-likeness (QED) is 0.114.